The van der Waals surface area contributed by atoms with Crippen molar-refractivity contribution in [3.05, 3.63) is 0 Å². The molecule has 2 heteroatoms. The lowest BCUT2D eigenvalue weighted by Crippen LogP contribution is -2.42. The van der Waals surface area contributed by atoms with E-state index in [1.807, 2.05) is 0 Å². The van der Waals surface area contributed by atoms with Crippen LogP contribution in [0.3, 0.4) is 0 Å². The van der Waals surface area contributed by atoms with Crippen molar-refractivity contribution in [2.24, 2.45) is 5.92 Å². The highest BCUT2D eigenvalue weighted by Crippen LogP contribution is 2.21. The van der Waals surface area contributed by atoms with E-state index >= 15 is 0 Å². The van der Waals surface area contributed by atoms with Crippen molar-refractivity contribution < 1.29 is 4.74 Å². The fourth-order valence-corrected chi connectivity index (χ4v) is 2.45. The summed E-state index contributed by atoms with van der Waals surface area (Å²) in [5, 5.41) is 3.60. The van der Waals surface area contributed by atoms with Gasteiger partial charge in [-0.15, -0.1) is 0 Å². The molecule has 1 aliphatic heterocycles. The second kappa shape index (κ2) is 8.12. The van der Waals surface area contributed by atoms with Gasteiger partial charge in [-0.05, 0) is 25.3 Å². The van der Waals surface area contributed by atoms with E-state index in [9.17, 15) is 0 Å². The number of nitrogens with one attached hydrogen (secondary N) is 1. The largest absolute Gasteiger partial charge is 0.381 e. The Morgan fingerprint density at radius 1 is 1.20 bits per heavy atom. The summed E-state index contributed by atoms with van der Waals surface area (Å²) in [5.74, 6) is 0.760. The molecule has 90 valence electrons. The maximum atomic E-state index is 5.58. The van der Waals surface area contributed by atoms with Gasteiger partial charge in [0.1, 0.15) is 0 Å². The molecule has 15 heavy (non-hydrogen) atoms. The molecule has 1 aliphatic rings. The predicted molar refractivity (Wildman–Crippen MR) is 65.1 cm³/mol. The topological polar surface area (TPSA) is 21.3 Å². The molecule has 0 aromatic heterocycles. The van der Waals surface area contributed by atoms with Crippen molar-refractivity contribution in [3.8, 4) is 0 Å². The summed E-state index contributed by atoms with van der Waals surface area (Å²) in [6.07, 6.45) is 8.04. The molecule has 2 nitrogen and oxygen atoms in total. The van der Waals surface area contributed by atoms with Crippen LogP contribution in [0, 0.1) is 5.92 Å². The summed E-state index contributed by atoms with van der Waals surface area (Å²) < 4.78 is 5.58. The first-order chi connectivity index (χ1) is 7.38. The van der Waals surface area contributed by atoms with Crippen LogP contribution in [0.5, 0.6) is 0 Å². The van der Waals surface area contributed by atoms with E-state index in [1.165, 1.54) is 38.5 Å². The van der Waals surface area contributed by atoms with Crippen LogP contribution in [-0.2, 0) is 4.74 Å². The highest BCUT2D eigenvalue weighted by Gasteiger charge is 2.24. The van der Waals surface area contributed by atoms with Gasteiger partial charge in [-0.2, -0.15) is 0 Å². The number of hydrogen-bond acceptors (Lipinski definition) is 2. The van der Waals surface area contributed by atoms with Gasteiger partial charge in [0.05, 0.1) is 6.61 Å². The van der Waals surface area contributed by atoms with Gasteiger partial charge < -0.3 is 10.1 Å². The Balaban J connectivity index is 2.17. The molecular formula is C13H27NO. The molecule has 0 spiro atoms. The van der Waals surface area contributed by atoms with Gasteiger partial charge in [0, 0.05) is 12.6 Å². The zero-order valence-corrected chi connectivity index (χ0v) is 10.4. The first-order valence-electron chi connectivity index (χ1n) is 6.69. The van der Waals surface area contributed by atoms with Gasteiger partial charge in [0.15, 0.2) is 0 Å². The lowest BCUT2D eigenvalue weighted by Gasteiger charge is -2.32. The first-order valence-corrected chi connectivity index (χ1v) is 6.69. The fourth-order valence-electron chi connectivity index (χ4n) is 2.45. The quantitative estimate of drug-likeness (QED) is 0.656. The zero-order chi connectivity index (χ0) is 10.9. The van der Waals surface area contributed by atoms with E-state index in [0.717, 1.165) is 25.7 Å². The molecule has 0 bridgehead atoms. The summed E-state index contributed by atoms with van der Waals surface area (Å²) in [5.41, 5.74) is 0. The van der Waals surface area contributed by atoms with Crippen LogP contribution < -0.4 is 5.32 Å². The lowest BCUT2D eigenvalue weighted by atomic mass is 9.90. The molecule has 1 fully saturated rings. The van der Waals surface area contributed by atoms with Crippen molar-refractivity contribution in [3.63, 3.8) is 0 Å². The molecule has 1 rings (SSSR count). The molecule has 0 radical (unpaired) electrons. The van der Waals surface area contributed by atoms with E-state index in [4.69, 9.17) is 4.74 Å². The Bertz CT molecular complexity index is 147. The molecule has 0 saturated carbocycles. The van der Waals surface area contributed by atoms with Crippen LogP contribution in [0.15, 0.2) is 0 Å². The number of rotatable bonds is 7. The second-order valence-electron chi connectivity index (χ2n) is 4.64. The van der Waals surface area contributed by atoms with Gasteiger partial charge in [-0.1, -0.05) is 39.5 Å². The van der Waals surface area contributed by atoms with Crippen molar-refractivity contribution >= 4 is 0 Å². The molecule has 1 N–H and O–H groups in total. The van der Waals surface area contributed by atoms with E-state index in [1.54, 1.807) is 0 Å². The fraction of sp³-hybridized carbons (Fsp3) is 1.00. The van der Waals surface area contributed by atoms with E-state index in [0.29, 0.717) is 6.04 Å². The van der Waals surface area contributed by atoms with E-state index in [2.05, 4.69) is 19.2 Å². The maximum Gasteiger partial charge on any atom is 0.0509 e. The Morgan fingerprint density at radius 3 is 2.80 bits per heavy atom. The summed E-state index contributed by atoms with van der Waals surface area (Å²) in [7, 11) is 0. The van der Waals surface area contributed by atoms with E-state index in [-0.39, 0.29) is 0 Å². The Morgan fingerprint density at radius 2 is 2.07 bits per heavy atom. The SMILES string of the molecule is CCCCCCC1COCCC1NCC. The van der Waals surface area contributed by atoms with Crippen molar-refractivity contribution in [2.45, 2.75) is 58.4 Å². The van der Waals surface area contributed by atoms with Gasteiger partial charge in [0.25, 0.3) is 0 Å². The lowest BCUT2D eigenvalue weighted by molar-refractivity contribution is 0.0282. The van der Waals surface area contributed by atoms with Crippen LogP contribution in [0.1, 0.15) is 52.4 Å². The Labute approximate surface area is 94.8 Å². The third-order valence-electron chi connectivity index (χ3n) is 3.37. The van der Waals surface area contributed by atoms with Gasteiger partial charge >= 0.3 is 0 Å². The standard InChI is InChI=1S/C13H27NO/c1-3-5-6-7-8-12-11-15-10-9-13(12)14-4-2/h12-14H,3-11H2,1-2H3. The Hall–Kier alpha value is -0.0800. The van der Waals surface area contributed by atoms with Crippen LogP contribution in [0.4, 0.5) is 0 Å². The molecule has 0 aromatic rings. The van der Waals surface area contributed by atoms with Crippen LogP contribution in [-0.4, -0.2) is 25.8 Å². The Kier molecular flexibility index (Phi) is 7.03. The van der Waals surface area contributed by atoms with Gasteiger partial charge in [-0.3, -0.25) is 0 Å². The smallest absolute Gasteiger partial charge is 0.0509 e. The molecule has 2 atom stereocenters. The van der Waals surface area contributed by atoms with Crippen LogP contribution in [0.2, 0.25) is 0 Å². The molecule has 0 amide bonds. The van der Waals surface area contributed by atoms with Gasteiger partial charge in [0.2, 0.25) is 0 Å². The number of ether oxygens (including phenoxy) is 1. The highest BCUT2D eigenvalue weighted by molar-refractivity contribution is 4.79. The molecule has 1 saturated heterocycles. The molecular weight excluding hydrogens is 186 g/mol. The zero-order valence-electron chi connectivity index (χ0n) is 10.4. The molecule has 2 unspecified atom stereocenters. The predicted octanol–water partition coefficient (Wildman–Crippen LogP) is 2.97. The highest BCUT2D eigenvalue weighted by atomic mass is 16.5. The summed E-state index contributed by atoms with van der Waals surface area (Å²) >= 11 is 0. The minimum atomic E-state index is 0.713. The molecule has 1 heterocycles. The third-order valence-corrected chi connectivity index (χ3v) is 3.37. The third kappa shape index (κ3) is 4.98. The summed E-state index contributed by atoms with van der Waals surface area (Å²) in [6, 6.07) is 0.713. The molecule has 0 aliphatic carbocycles. The maximum absolute atomic E-state index is 5.58. The first kappa shape index (κ1) is 13.0. The monoisotopic (exact) mass is 213 g/mol. The minimum Gasteiger partial charge on any atom is -0.381 e. The summed E-state index contributed by atoms with van der Waals surface area (Å²) in [4.78, 5) is 0. The summed E-state index contributed by atoms with van der Waals surface area (Å²) in [6.45, 7) is 7.48. The van der Waals surface area contributed by atoms with E-state index < -0.39 is 0 Å². The average molecular weight is 213 g/mol. The van der Waals surface area contributed by atoms with Gasteiger partial charge in [-0.25, -0.2) is 0 Å². The minimum absolute atomic E-state index is 0.713. The van der Waals surface area contributed by atoms with Crippen molar-refractivity contribution in [1.82, 2.24) is 5.32 Å². The molecule has 0 aromatic carbocycles. The van der Waals surface area contributed by atoms with Crippen LogP contribution in [0.25, 0.3) is 0 Å². The van der Waals surface area contributed by atoms with Crippen molar-refractivity contribution in [2.75, 3.05) is 19.8 Å². The van der Waals surface area contributed by atoms with Crippen LogP contribution >= 0.6 is 0 Å². The number of hydrogen-bond donors (Lipinski definition) is 1. The normalized spacial score (nSPS) is 26.8. The van der Waals surface area contributed by atoms with Crippen molar-refractivity contribution in [1.29, 1.82) is 0 Å². The second-order valence-corrected chi connectivity index (χ2v) is 4.64. The number of unbranched alkanes of at least 4 members (excludes halogenated alkanes) is 3. The average Bonchev–Trinajstić information content (AvgIpc) is 2.27.